The molecule has 5 heteroatoms. The molecule has 0 aliphatic rings. The number of halogens is 1. The number of aromatic nitrogens is 2. The number of hydrogen-bond acceptors (Lipinski definition) is 3. The second-order valence-corrected chi connectivity index (χ2v) is 5.76. The Morgan fingerprint density at radius 1 is 1.53 bits per heavy atom. The van der Waals surface area contributed by atoms with Gasteiger partial charge in [-0.1, -0.05) is 0 Å². The summed E-state index contributed by atoms with van der Waals surface area (Å²) >= 11 is 5.14. The van der Waals surface area contributed by atoms with Gasteiger partial charge in [0, 0.05) is 12.1 Å². The van der Waals surface area contributed by atoms with Crippen molar-refractivity contribution in [3.05, 3.63) is 27.4 Å². The minimum absolute atomic E-state index is 0.626. The van der Waals surface area contributed by atoms with Gasteiger partial charge in [0.25, 0.3) is 0 Å². The number of nitrogens with two attached hydrogens (primary N) is 1. The number of thiophene rings is 1. The van der Waals surface area contributed by atoms with E-state index in [4.69, 9.17) is 5.73 Å². The fraction of sp³-hybridized carbons (Fsp3) is 0.300. The molecule has 0 aliphatic carbocycles. The van der Waals surface area contributed by atoms with E-state index in [-0.39, 0.29) is 0 Å². The Balaban J connectivity index is 2.35. The van der Waals surface area contributed by atoms with Gasteiger partial charge in [-0.2, -0.15) is 0 Å². The van der Waals surface area contributed by atoms with Crippen molar-refractivity contribution in [3.8, 4) is 10.6 Å². The molecular weight excluding hydrogens is 274 g/mol. The summed E-state index contributed by atoms with van der Waals surface area (Å²) < 4.78 is 1.13. The zero-order valence-electron chi connectivity index (χ0n) is 8.38. The van der Waals surface area contributed by atoms with E-state index in [9.17, 15) is 0 Å². The van der Waals surface area contributed by atoms with Crippen LogP contribution in [0.15, 0.2) is 15.9 Å². The van der Waals surface area contributed by atoms with Gasteiger partial charge in [-0.25, -0.2) is 4.98 Å². The van der Waals surface area contributed by atoms with Crippen LogP contribution in [-0.2, 0) is 6.42 Å². The Hall–Kier alpha value is -0.650. The summed E-state index contributed by atoms with van der Waals surface area (Å²) in [6.07, 6.45) is 0.799. The number of aryl methyl sites for hydroxylation is 1. The molecule has 0 radical (unpaired) electrons. The molecular formula is C10H12BrN3S. The van der Waals surface area contributed by atoms with E-state index in [1.807, 2.05) is 13.0 Å². The normalized spacial score (nSPS) is 10.9. The lowest BCUT2D eigenvalue weighted by atomic mass is 10.3. The number of H-pyrrole nitrogens is 1. The van der Waals surface area contributed by atoms with Gasteiger partial charge in [-0.15, -0.1) is 11.3 Å². The van der Waals surface area contributed by atoms with Crippen LogP contribution in [0.4, 0.5) is 0 Å². The third-order valence-corrected chi connectivity index (χ3v) is 3.75. The maximum Gasteiger partial charge on any atom is 0.108 e. The lowest BCUT2D eigenvalue weighted by molar-refractivity contribution is 0.891. The standard InChI is InChI=1S/C10H12BrN3S/c1-6-10(7-2-3-8(11)15-7)14-9(13-6)4-5-12/h2-3H,4-5,12H2,1H3,(H,13,14). The molecule has 3 N–H and O–H groups in total. The summed E-state index contributed by atoms with van der Waals surface area (Å²) in [5.74, 6) is 0.967. The quantitative estimate of drug-likeness (QED) is 0.911. The Morgan fingerprint density at radius 2 is 2.33 bits per heavy atom. The van der Waals surface area contributed by atoms with Gasteiger partial charge in [-0.3, -0.25) is 0 Å². The fourth-order valence-corrected chi connectivity index (χ4v) is 2.89. The zero-order valence-corrected chi connectivity index (χ0v) is 10.8. The summed E-state index contributed by atoms with van der Waals surface area (Å²) in [5.41, 5.74) is 7.64. The van der Waals surface area contributed by atoms with Gasteiger partial charge in [0.05, 0.1) is 8.66 Å². The van der Waals surface area contributed by atoms with E-state index in [1.54, 1.807) is 11.3 Å². The van der Waals surface area contributed by atoms with E-state index >= 15 is 0 Å². The van der Waals surface area contributed by atoms with E-state index in [0.29, 0.717) is 6.54 Å². The second kappa shape index (κ2) is 4.47. The molecule has 0 atom stereocenters. The summed E-state index contributed by atoms with van der Waals surface area (Å²) in [6.45, 7) is 2.66. The summed E-state index contributed by atoms with van der Waals surface area (Å²) in [7, 11) is 0. The molecule has 0 amide bonds. The predicted octanol–water partition coefficient (Wildman–Crippen LogP) is 2.71. The first-order chi connectivity index (χ1) is 7.20. The smallest absolute Gasteiger partial charge is 0.108 e. The van der Waals surface area contributed by atoms with Crippen LogP contribution >= 0.6 is 27.3 Å². The third-order valence-electron chi connectivity index (χ3n) is 2.12. The van der Waals surface area contributed by atoms with Crippen molar-refractivity contribution >= 4 is 27.3 Å². The lowest BCUT2D eigenvalue weighted by Gasteiger charge is -1.90. The molecule has 0 fully saturated rings. The van der Waals surface area contributed by atoms with E-state index in [1.165, 1.54) is 4.88 Å². The lowest BCUT2D eigenvalue weighted by Crippen LogP contribution is -2.03. The van der Waals surface area contributed by atoms with Gasteiger partial charge < -0.3 is 10.7 Å². The SMILES string of the molecule is Cc1[nH]c(CCN)nc1-c1ccc(Br)s1. The van der Waals surface area contributed by atoms with Crippen LogP contribution < -0.4 is 5.73 Å². The molecule has 0 bridgehead atoms. The molecule has 15 heavy (non-hydrogen) atoms. The van der Waals surface area contributed by atoms with Crippen molar-refractivity contribution in [1.29, 1.82) is 0 Å². The predicted molar refractivity (Wildman–Crippen MR) is 67.1 cm³/mol. The van der Waals surface area contributed by atoms with E-state index < -0.39 is 0 Å². The number of nitrogens with one attached hydrogen (secondary N) is 1. The topological polar surface area (TPSA) is 54.7 Å². The number of aromatic amines is 1. The Kier molecular flexibility index (Phi) is 3.23. The Labute approximate surface area is 101 Å². The number of rotatable bonds is 3. The van der Waals surface area contributed by atoms with Crippen LogP contribution in [0.5, 0.6) is 0 Å². The van der Waals surface area contributed by atoms with Crippen LogP contribution in [0, 0.1) is 6.92 Å². The molecule has 0 unspecified atom stereocenters. The minimum Gasteiger partial charge on any atom is -0.346 e. The highest BCUT2D eigenvalue weighted by molar-refractivity contribution is 9.11. The molecule has 0 saturated carbocycles. The average Bonchev–Trinajstić information content (AvgIpc) is 2.73. The van der Waals surface area contributed by atoms with E-state index in [2.05, 4.69) is 32.0 Å². The van der Waals surface area contributed by atoms with Crippen LogP contribution in [0.3, 0.4) is 0 Å². The third kappa shape index (κ3) is 2.30. The molecule has 2 heterocycles. The molecule has 0 saturated heterocycles. The molecule has 0 aromatic carbocycles. The number of nitrogens with zero attached hydrogens (tertiary/aromatic N) is 1. The van der Waals surface area contributed by atoms with Crippen LogP contribution in [0.25, 0.3) is 10.6 Å². The molecule has 2 aromatic heterocycles. The zero-order chi connectivity index (χ0) is 10.8. The highest BCUT2D eigenvalue weighted by Gasteiger charge is 2.10. The first-order valence-electron chi connectivity index (χ1n) is 4.72. The largest absolute Gasteiger partial charge is 0.346 e. The maximum absolute atomic E-state index is 5.50. The van der Waals surface area contributed by atoms with Crippen molar-refractivity contribution in [1.82, 2.24) is 9.97 Å². The minimum atomic E-state index is 0.626. The fourth-order valence-electron chi connectivity index (χ4n) is 1.46. The Morgan fingerprint density at radius 3 is 2.93 bits per heavy atom. The van der Waals surface area contributed by atoms with Crippen molar-refractivity contribution in [2.45, 2.75) is 13.3 Å². The summed E-state index contributed by atoms with van der Waals surface area (Å²) in [4.78, 5) is 8.97. The van der Waals surface area contributed by atoms with Crippen molar-refractivity contribution in [2.24, 2.45) is 5.73 Å². The molecule has 0 spiro atoms. The van der Waals surface area contributed by atoms with Crippen molar-refractivity contribution in [3.63, 3.8) is 0 Å². The number of hydrogen-bond donors (Lipinski definition) is 2. The second-order valence-electron chi connectivity index (χ2n) is 3.30. The van der Waals surface area contributed by atoms with E-state index in [0.717, 1.165) is 27.4 Å². The summed E-state index contributed by atoms with van der Waals surface area (Å²) in [5, 5.41) is 0. The average molecular weight is 286 g/mol. The summed E-state index contributed by atoms with van der Waals surface area (Å²) in [6, 6.07) is 4.11. The molecule has 3 nitrogen and oxygen atoms in total. The van der Waals surface area contributed by atoms with Crippen molar-refractivity contribution < 1.29 is 0 Å². The first-order valence-corrected chi connectivity index (χ1v) is 6.33. The van der Waals surface area contributed by atoms with Crippen LogP contribution in [0.1, 0.15) is 11.5 Å². The molecule has 0 aliphatic heterocycles. The molecule has 80 valence electrons. The van der Waals surface area contributed by atoms with Crippen LogP contribution in [-0.4, -0.2) is 16.5 Å². The molecule has 2 aromatic rings. The first kappa shape index (κ1) is 10.9. The van der Waals surface area contributed by atoms with Gasteiger partial charge >= 0.3 is 0 Å². The van der Waals surface area contributed by atoms with Crippen LogP contribution in [0.2, 0.25) is 0 Å². The van der Waals surface area contributed by atoms with Crippen molar-refractivity contribution in [2.75, 3.05) is 6.54 Å². The maximum atomic E-state index is 5.50. The highest BCUT2D eigenvalue weighted by atomic mass is 79.9. The van der Waals surface area contributed by atoms with Gasteiger partial charge in [0.15, 0.2) is 0 Å². The molecule has 2 rings (SSSR count). The highest BCUT2D eigenvalue weighted by Crippen LogP contribution is 2.31. The van der Waals surface area contributed by atoms with Gasteiger partial charge in [0.2, 0.25) is 0 Å². The number of imidazole rings is 1. The van der Waals surface area contributed by atoms with Gasteiger partial charge in [-0.05, 0) is 41.5 Å². The Bertz CT molecular complexity index is 461. The monoisotopic (exact) mass is 285 g/mol. The van der Waals surface area contributed by atoms with Gasteiger partial charge in [0.1, 0.15) is 11.5 Å².